The van der Waals surface area contributed by atoms with E-state index < -0.39 is 5.97 Å². The Bertz CT molecular complexity index is 1530. The van der Waals surface area contributed by atoms with E-state index in [1.165, 1.54) is 0 Å². The molecule has 0 radical (unpaired) electrons. The molecule has 4 aromatic rings. The van der Waals surface area contributed by atoms with Crippen LogP contribution >= 0.6 is 0 Å². The monoisotopic (exact) mass is 508 g/mol. The van der Waals surface area contributed by atoms with Gasteiger partial charge < -0.3 is 10.4 Å². The van der Waals surface area contributed by atoms with Crippen molar-refractivity contribution < 1.29 is 14.3 Å². The number of fused-ring (bicyclic) bond motifs is 1. The van der Waals surface area contributed by atoms with Gasteiger partial charge >= 0.3 is 5.97 Å². The minimum absolute atomic E-state index is 0.0100. The fourth-order valence-electron chi connectivity index (χ4n) is 5.86. The number of carboxylic acids is 1. The average molecular weight is 509 g/mol. The molecule has 0 aliphatic heterocycles. The number of pyridine rings is 1. The molecule has 0 bridgehead atoms. The van der Waals surface area contributed by atoms with E-state index in [0.717, 1.165) is 63.2 Å². The van der Waals surface area contributed by atoms with Crippen LogP contribution in [-0.2, 0) is 11.2 Å². The second kappa shape index (κ2) is 9.31. The maximum absolute atomic E-state index is 15.2. The molecule has 1 fully saturated rings. The van der Waals surface area contributed by atoms with Crippen LogP contribution in [0.25, 0.3) is 22.5 Å². The molecule has 2 aliphatic carbocycles. The molecular weight excluding hydrogens is 479 g/mol. The molecule has 0 saturated heterocycles. The summed E-state index contributed by atoms with van der Waals surface area (Å²) in [6.45, 7) is 6.14. The Hall–Kier alpha value is -4.13. The van der Waals surface area contributed by atoms with Gasteiger partial charge in [0.1, 0.15) is 5.82 Å². The Labute approximate surface area is 221 Å². The summed E-state index contributed by atoms with van der Waals surface area (Å²) in [5, 5.41) is 12.6. The fraction of sp³-hybridized carbons (Fsp3) is 0.290. The predicted molar refractivity (Wildman–Crippen MR) is 144 cm³/mol. The van der Waals surface area contributed by atoms with Crippen molar-refractivity contribution in [2.75, 3.05) is 5.32 Å². The second-order valence-electron chi connectivity index (χ2n) is 10.6. The van der Waals surface area contributed by atoms with Gasteiger partial charge in [-0.05, 0) is 104 Å². The first-order chi connectivity index (χ1) is 18.3. The van der Waals surface area contributed by atoms with Gasteiger partial charge in [0, 0.05) is 35.1 Å². The standard InChI is InChI=1S/C31H29FN4O2/c1-16-13-34-30(35-14-16)19-10-17(2)28(18(3)11-19)21-5-7-25(32)29-22(21)6-9-27(29)36-20-4-8-26(33-15-20)23-12-24(23)31(37)38/h4-5,7-8,10-11,13-15,23-24,27,36H,6,9,12H2,1-3H3,(H,37,38)/t23-,24-,27+/m0/s1. The summed E-state index contributed by atoms with van der Waals surface area (Å²) in [5.74, 6) is -0.617. The van der Waals surface area contributed by atoms with Gasteiger partial charge in [-0.15, -0.1) is 0 Å². The maximum atomic E-state index is 15.2. The number of hydrogen-bond acceptors (Lipinski definition) is 5. The molecule has 6 rings (SSSR count). The number of benzene rings is 2. The molecular formula is C31H29FN4O2. The van der Waals surface area contributed by atoms with E-state index in [1.54, 1.807) is 12.3 Å². The highest BCUT2D eigenvalue weighted by molar-refractivity contribution is 5.79. The van der Waals surface area contributed by atoms with Gasteiger partial charge in [0.2, 0.25) is 0 Å². The minimum Gasteiger partial charge on any atom is -0.481 e. The average Bonchev–Trinajstić information content (AvgIpc) is 3.59. The smallest absolute Gasteiger partial charge is 0.307 e. The van der Waals surface area contributed by atoms with Gasteiger partial charge in [0.15, 0.2) is 5.82 Å². The Balaban J connectivity index is 1.28. The lowest BCUT2D eigenvalue weighted by Gasteiger charge is -2.19. The lowest BCUT2D eigenvalue weighted by molar-refractivity contribution is -0.138. The van der Waals surface area contributed by atoms with Crippen molar-refractivity contribution in [1.29, 1.82) is 0 Å². The van der Waals surface area contributed by atoms with E-state index in [0.29, 0.717) is 17.8 Å². The predicted octanol–water partition coefficient (Wildman–Crippen LogP) is 6.56. The molecule has 38 heavy (non-hydrogen) atoms. The van der Waals surface area contributed by atoms with Crippen LogP contribution in [0.5, 0.6) is 0 Å². The first kappa shape index (κ1) is 24.2. The summed E-state index contributed by atoms with van der Waals surface area (Å²) >= 11 is 0. The number of rotatable bonds is 6. The van der Waals surface area contributed by atoms with Gasteiger partial charge in [-0.2, -0.15) is 0 Å². The SMILES string of the molecule is Cc1cnc(-c2cc(C)c(-c3ccc(F)c4c3CC[C@H]4Nc3ccc([C@H]4C[C@@H]4C(=O)O)nc3)c(C)c2)nc1. The van der Waals surface area contributed by atoms with Crippen LogP contribution in [0.15, 0.2) is 55.0 Å². The van der Waals surface area contributed by atoms with E-state index in [4.69, 9.17) is 0 Å². The van der Waals surface area contributed by atoms with Crippen LogP contribution in [0, 0.1) is 32.5 Å². The number of aryl methyl sites for hydroxylation is 3. The number of nitrogens with one attached hydrogen (secondary N) is 1. The molecule has 0 spiro atoms. The van der Waals surface area contributed by atoms with E-state index >= 15 is 4.39 Å². The number of halogens is 1. The molecule has 1 saturated carbocycles. The number of nitrogens with zero attached hydrogens (tertiary/aromatic N) is 3. The normalized spacial score (nSPS) is 19.7. The molecule has 2 aromatic carbocycles. The van der Waals surface area contributed by atoms with Crippen molar-refractivity contribution in [3.8, 4) is 22.5 Å². The summed E-state index contributed by atoms with van der Waals surface area (Å²) in [7, 11) is 0. The lowest BCUT2D eigenvalue weighted by Crippen LogP contribution is -2.10. The largest absolute Gasteiger partial charge is 0.481 e. The summed E-state index contributed by atoms with van der Waals surface area (Å²) in [6.07, 6.45) is 7.56. The van der Waals surface area contributed by atoms with Crippen molar-refractivity contribution in [2.24, 2.45) is 5.92 Å². The van der Waals surface area contributed by atoms with Gasteiger partial charge in [-0.3, -0.25) is 9.78 Å². The minimum atomic E-state index is -0.767. The quantitative estimate of drug-likeness (QED) is 0.307. The zero-order chi connectivity index (χ0) is 26.6. The van der Waals surface area contributed by atoms with Crippen LogP contribution in [-0.4, -0.2) is 26.0 Å². The zero-order valence-corrected chi connectivity index (χ0v) is 21.6. The van der Waals surface area contributed by atoms with E-state index in [-0.39, 0.29) is 23.7 Å². The van der Waals surface area contributed by atoms with Crippen LogP contribution in [0.1, 0.15) is 58.3 Å². The number of carboxylic acid groups (broad SMARTS) is 1. The Morgan fingerprint density at radius 3 is 2.37 bits per heavy atom. The van der Waals surface area contributed by atoms with Gasteiger partial charge in [0.25, 0.3) is 0 Å². The van der Waals surface area contributed by atoms with Gasteiger partial charge in [-0.25, -0.2) is 14.4 Å². The van der Waals surface area contributed by atoms with Crippen LogP contribution < -0.4 is 5.32 Å². The molecule has 2 heterocycles. The third-order valence-electron chi connectivity index (χ3n) is 7.79. The van der Waals surface area contributed by atoms with Gasteiger partial charge in [-0.1, -0.05) is 6.07 Å². The molecule has 192 valence electrons. The number of aromatic nitrogens is 3. The van der Waals surface area contributed by atoms with Crippen LogP contribution in [0.3, 0.4) is 0 Å². The Morgan fingerprint density at radius 2 is 1.74 bits per heavy atom. The van der Waals surface area contributed by atoms with Crippen molar-refractivity contribution in [3.63, 3.8) is 0 Å². The molecule has 0 unspecified atom stereocenters. The zero-order valence-electron chi connectivity index (χ0n) is 21.6. The topological polar surface area (TPSA) is 88.0 Å². The molecule has 0 amide bonds. The third kappa shape index (κ3) is 4.32. The van der Waals surface area contributed by atoms with E-state index in [9.17, 15) is 9.90 Å². The summed E-state index contributed by atoms with van der Waals surface area (Å²) in [5.41, 5.74) is 9.75. The molecule has 2 N–H and O–H groups in total. The summed E-state index contributed by atoms with van der Waals surface area (Å²) < 4.78 is 15.2. The van der Waals surface area contributed by atoms with E-state index in [1.807, 2.05) is 37.5 Å². The number of hydrogen-bond donors (Lipinski definition) is 2. The highest BCUT2D eigenvalue weighted by Gasteiger charge is 2.45. The third-order valence-corrected chi connectivity index (χ3v) is 7.79. The Morgan fingerprint density at radius 1 is 1.00 bits per heavy atom. The first-order valence-corrected chi connectivity index (χ1v) is 13.0. The summed E-state index contributed by atoms with van der Waals surface area (Å²) in [6, 6.07) is 11.3. The Kier molecular flexibility index (Phi) is 5.94. The van der Waals surface area contributed by atoms with Crippen LogP contribution in [0.4, 0.5) is 10.1 Å². The molecule has 2 aromatic heterocycles. The maximum Gasteiger partial charge on any atom is 0.307 e. The van der Waals surface area contributed by atoms with Crippen LogP contribution in [0.2, 0.25) is 0 Å². The van der Waals surface area contributed by atoms with Crippen molar-refractivity contribution in [1.82, 2.24) is 15.0 Å². The highest BCUT2D eigenvalue weighted by atomic mass is 19.1. The van der Waals surface area contributed by atoms with Crippen molar-refractivity contribution in [2.45, 2.75) is 52.0 Å². The molecule has 6 nitrogen and oxygen atoms in total. The second-order valence-corrected chi connectivity index (χ2v) is 10.6. The first-order valence-electron chi connectivity index (χ1n) is 13.0. The lowest BCUT2D eigenvalue weighted by atomic mass is 9.89. The number of anilines is 1. The molecule has 7 heteroatoms. The number of aliphatic carboxylic acids is 1. The van der Waals surface area contributed by atoms with Crippen molar-refractivity contribution in [3.05, 3.63) is 94.3 Å². The number of carbonyl (C=O) groups is 1. The van der Waals surface area contributed by atoms with E-state index in [2.05, 4.69) is 46.2 Å². The fourth-order valence-corrected chi connectivity index (χ4v) is 5.86. The van der Waals surface area contributed by atoms with Crippen molar-refractivity contribution >= 4 is 11.7 Å². The molecule has 2 aliphatic rings. The highest BCUT2D eigenvalue weighted by Crippen LogP contribution is 2.47. The summed E-state index contributed by atoms with van der Waals surface area (Å²) in [4.78, 5) is 24.6. The van der Waals surface area contributed by atoms with Gasteiger partial charge in [0.05, 0.1) is 23.8 Å². The molecule has 3 atom stereocenters.